The normalized spacial score (nSPS) is 13.3. The number of hydrogen-bond donors (Lipinski definition) is 5. The highest BCUT2D eigenvalue weighted by Gasteiger charge is 2.35. The highest BCUT2D eigenvalue weighted by Crippen LogP contribution is 2.16. The lowest BCUT2D eigenvalue weighted by atomic mass is 9.91. The summed E-state index contributed by atoms with van der Waals surface area (Å²) in [6.45, 7) is 7.26. The molecule has 0 fully saturated rings. The van der Waals surface area contributed by atoms with Gasteiger partial charge in [-0.2, -0.15) is 0 Å². The number of aliphatic hydroxyl groups is 1. The summed E-state index contributed by atoms with van der Waals surface area (Å²) in [6, 6.07) is 33.4. The summed E-state index contributed by atoms with van der Waals surface area (Å²) < 4.78 is 10.8. The largest absolute Gasteiger partial charge is 0.445 e. The quantitative estimate of drug-likeness (QED) is 0.0878. The van der Waals surface area contributed by atoms with Crippen molar-refractivity contribution < 1.29 is 33.8 Å². The van der Waals surface area contributed by atoms with Crippen LogP contribution in [0.1, 0.15) is 49.9 Å². The van der Waals surface area contributed by atoms with Crippen molar-refractivity contribution in [3.63, 3.8) is 0 Å². The summed E-state index contributed by atoms with van der Waals surface area (Å²) in [5.74, 6) is -1.70. The van der Waals surface area contributed by atoms with Gasteiger partial charge in [-0.15, -0.1) is 0 Å². The maximum absolute atomic E-state index is 13.9. The predicted molar refractivity (Wildman–Crippen MR) is 207 cm³/mol. The van der Waals surface area contributed by atoms with Crippen LogP contribution in [-0.2, 0) is 45.1 Å². The van der Waals surface area contributed by atoms with Crippen LogP contribution in [0, 0.1) is 11.8 Å². The third kappa shape index (κ3) is 13.4. The second-order valence-electron chi connectivity index (χ2n) is 14.0. The standard InChI is InChI=1S/C43H52N4O7/c1-29(2)37(46-42(51)53-27-33-21-13-7-14-22-33)40(49)44-35(25-31-17-9-5-10-18-31)39(48)36(26-32-19-11-6-12-20-32)45-41(50)38(30(3)4)47-43(52)54-28-34-23-15-8-16-24-34/h5-24,29-30,35-39,48H,25-28H2,1-4H3,(H,44,49)(H,45,50)(H,46,51)(H,47,52)/t35-,36-,37+,38+/m1/s1. The number of alkyl carbamates (subject to hydrolysis) is 2. The molecule has 4 atom stereocenters. The molecule has 4 amide bonds. The summed E-state index contributed by atoms with van der Waals surface area (Å²) >= 11 is 0. The minimum Gasteiger partial charge on any atom is -0.445 e. The van der Waals surface area contributed by atoms with Crippen molar-refractivity contribution in [2.75, 3.05) is 0 Å². The first kappa shape index (κ1) is 41.1. The maximum Gasteiger partial charge on any atom is 0.408 e. The van der Waals surface area contributed by atoms with E-state index in [1.807, 2.05) is 121 Å². The van der Waals surface area contributed by atoms with E-state index < -0.39 is 54.3 Å². The number of carbonyl (C=O) groups excluding carboxylic acids is 4. The molecule has 0 aliphatic rings. The molecule has 0 saturated heterocycles. The Labute approximate surface area is 317 Å². The smallest absolute Gasteiger partial charge is 0.408 e. The molecule has 11 nitrogen and oxygen atoms in total. The molecule has 4 rings (SSSR count). The van der Waals surface area contributed by atoms with Crippen molar-refractivity contribution in [3.05, 3.63) is 144 Å². The number of nitrogens with one attached hydrogen (secondary N) is 4. The lowest BCUT2D eigenvalue weighted by molar-refractivity contribution is -0.126. The molecule has 11 heteroatoms. The van der Waals surface area contributed by atoms with Gasteiger partial charge in [0, 0.05) is 0 Å². The van der Waals surface area contributed by atoms with E-state index in [2.05, 4.69) is 21.3 Å². The van der Waals surface area contributed by atoms with E-state index in [1.165, 1.54) is 0 Å². The fourth-order valence-corrected chi connectivity index (χ4v) is 5.93. The molecule has 54 heavy (non-hydrogen) atoms. The van der Waals surface area contributed by atoms with Crippen LogP contribution >= 0.6 is 0 Å². The average Bonchev–Trinajstić information content (AvgIpc) is 3.17. The Morgan fingerprint density at radius 2 is 0.778 bits per heavy atom. The van der Waals surface area contributed by atoms with Gasteiger partial charge in [-0.1, -0.05) is 149 Å². The number of ether oxygens (including phenoxy) is 2. The molecule has 0 spiro atoms. The second-order valence-corrected chi connectivity index (χ2v) is 14.0. The van der Waals surface area contributed by atoms with E-state index in [1.54, 1.807) is 27.7 Å². The molecule has 0 aliphatic carbocycles. The van der Waals surface area contributed by atoms with Gasteiger partial charge in [0.2, 0.25) is 11.8 Å². The van der Waals surface area contributed by atoms with Gasteiger partial charge < -0.3 is 35.8 Å². The van der Waals surface area contributed by atoms with Gasteiger partial charge in [0.1, 0.15) is 25.3 Å². The molecule has 0 heterocycles. The van der Waals surface area contributed by atoms with Crippen LogP contribution in [0.25, 0.3) is 0 Å². The third-order valence-corrected chi connectivity index (χ3v) is 8.95. The molecule has 0 unspecified atom stereocenters. The fraction of sp³-hybridized carbons (Fsp3) is 0.349. The van der Waals surface area contributed by atoms with E-state index in [0.717, 1.165) is 22.3 Å². The minimum absolute atomic E-state index is 0.0340. The molecular formula is C43H52N4O7. The van der Waals surface area contributed by atoms with E-state index >= 15 is 0 Å². The topological polar surface area (TPSA) is 155 Å². The summed E-state index contributed by atoms with van der Waals surface area (Å²) in [6.07, 6.45) is -2.38. The Balaban J connectivity index is 1.54. The zero-order valence-electron chi connectivity index (χ0n) is 31.3. The Morgan fingerprint density at radius 1 is 0.481 bits per heavy atom. The Kier molecular flexibility index (Phi) is 16.1. The van der Waals surface area contributed by atoms with Crippen LogP contribution in [-0.4, -0.2) is 59.4 Å². The van der Waals surface area contributed by atoms with Crippen molar-refractivity contribution in [2.45, 2.75) is 84.0 Å². The predicted octanol–water partition coefficient (Wildman–Crippen LogP) is 5.70. The Bertz CT molecular complexity index is 1610. The molecule has 5 N–H and O–H groups in total. The van der Waals surface area contributed by atoms with Crippen molar-refractivity contribution in [1.29, 1.82) is 0 Å². The Morgan fingerprint density at radius 3 is 1.07 bits per heavy atom. The lowest BCUT2D eigenvalue weighted by Crippen LogP contribution is -2.61. The minimum atomic E-state index is -1.31. The van der Waals surface area contributed by atoms with Gasteiger partial charge in [0.25, 0.3) is 0 Å². The lowest BCUT2D eigenvalue weighted by Gasteiger charge is -2.34. The van der Waals surface area contributed by atoms with Gasteiger partial charge >= 0.3 is 12.2 Å². The summed E-state index contributed by atoms with van der Waals surface area (Å²) in [5.41, 5.74) is 3.28. The van der Waals surface area contributed by atoms with Crippen LogP contribution in [0.15, 0.2) is 121 Å². The van der Waals surface area contributed by atoms with Crippen molar-refractivity contribution >= 4 is 24.0 Å². The Hall–Kier alpha value is -5.68. The van der Waals surface area contributed by atoms with Gasteiger partial charge in [0.15, 0.2) is 0 Å². The van der Waals surface area contributed by atoms with E-state index in [0.29, 0.717) is 0 Å². The first-order valence-corrected chi connectivity index (χ1v) is 18.3. The summed E-state index contributed by atoms with van der Waals surface area (Å²) in [5, 5.41) is 23.5. The number of carbonyl (C=O) groups is 4. The summed E-state index contributed by atoms with van der Waals surface area (Å²) in [4.78, 5) is 53.6. The van der Waals surface area contributed by atoms with Crippen LogP contribution < -0.4 is 21.3 Å². The zero-order chi connectivity index (χ0) is 38.9. The van der Waals surface area contributed by atoms with Crippen LogP contribution in [0.3, 0.4) is 0 Å². The molecular weight excluding hydrogens is 684 g/mol. The molecule has 0 aliphatic heterocycles. The van der Waals surface area contributed by atoms with E-state index in [4.69, 9.17) is 9.47 Å². The average molecular weight is 737 g/mol. The van der Waals surface area contributed by atoms with E-state index in [-0.39, 0.29) is 37.9 Å². The molecule has 0 aromatic heterocycles. The van der Waals surface area contributed by atoms with Crippen molar-refractivity contribution in [1.82, 2.24) is 21.3 Å². The number of benzene rings is 4. The van der Waals surface area contributed by atoms with Gasteiger partial charge in [-0.3, -0.25) is 9.59 Å². The van der Waals surface area contributed by atoms with Crippen molar-refractivity contribution in [3.8, 4) is 0 Å². The first-order valence-electron chi connectivity index (χ1n) is 18.3. The number of aliphatic hydroxyl groups excluding tert-OH is 1. The van der Waals surface area contributed by atoms with Gasteiger partial charge in [0.05, 0.1) is 18.2 Å². The highest BCUT2D eigenvalue weighted by atomic mass is 16.6. The van der Waals surface area contributed by atoms with Gasteiger partial charge in [-0.05, 0) is 46.9 Å². The maximum atomic E-state index is 13.9. The highest BCUT2D eigenvalue weighted by molar-refractivity contribution is 5.87. The molecule has 0 saturated carbocycles. The fourth-order valence-electron chi connectivity index (χ4n) is 5.93. The van der Waals surface area contributed by atoms with Crippen LogP contribution in [0.5, 0.6) is 0 Å². The molecule has 286 valence electrons. The number of amides is 4. The van der Waals surface area contributed by atoms with Crippen LogP contribution in [0.2, 0.25) is 0 Å². The third-order valence-electron chi connectivity index (χ3n) is 8.95. The van der Waals surface area contributed by atoms with Crippen LogP contribution in [0.4, 0.5) is 9.59 Å². The molecule has 0 radical (unpaired) electrons. The number of hydrogen-bond acceptors (Lipinski definition) is 7. The van der Waals surface area contributed by atoms with Crippen molar-refractivity contribution in [2.24, 2.45) is 11.8 Å². The monoisotopic (exact) mass is 736 g/mol. The second kappa shape index (κ2) is 21.1. The molecule has 4 aromatic carbocycles. The first-order chi connectivity index (χ1) is 26.0. The van der Waals surface area contributed by atoms with E-state index in [9.17, 15) is 24.3 Å². The molecule has 0 bridgehead atoms. The zero-order valence-corrected chi connectivity index (χ0v) is 31.3. The summed E-state index contributed by atoms with van der Waals surface area (Å²) in [7, 11) is 0. The molecule has 4 aromatic rings. The SMILES string of the molecule is CC(C)[C@H](NC(=O)OCc1ccccc1)C(=O)N[C@H](Cc1ccccc1)C(O)[C@@H](Cc1ccccc1)NC(=O)[C@@H](NC(=O)OCc1ccccc1)C(C)C. The van der Waals surface area contributed by atoms with Gasteiger partial charge in [-0.25, -0.2) is 9.59 Å². The number of rotatable bonds is 18.